The van der Waals surface area contributed by atoms with E-state index >= 15 is 0 Å². The Balaban J connectivity index is 1.98. The summed E-state index contributed by atoms with van der Waals surface area (Å²) in [6, 6.07) is 1.70. The number of sulfonamides is 1. The largest absolute Gasteiger partial charge is 0.392 e. The molecule has 0 bridgehead atoms. The summed E-state index contributed by atoms with van der Waals surface area (Å²) in [4.78, 5) is 4.38. The zero-order chi connectivity index (χ0) is 14.8. The van der Waals surface area contributed by atoms with Crippen LogP contribution in [-0.2, 0) is 16.6 Å². The Morgan fingerprint density at radius 2 is 2.20 bits per heavy atom. The van der Waals surface area contributed by atoms with Crippen molar-refractivity contribution in [3.63, 3.8) is 0 Å². The number of hydrogen-bond donors (Lipinski definition) is 2. The lowest BCUT2D eigenvalue weighted by atomic mass is 10.2. The standard InChI is InChI=1S/C12H21N3O3S2/c1-14-3-4-15(2)11(7-14)6-13-20(17,18)12-5-10(8-16)9-19-12/h5,9,11,13,16H,3-4,6-8H2,1-2H3. The molecule has 2 heterocycles. The Hall–Kier alpha value is -0.510. The summed E-state index contributed by atoms with van der Waals surface area (Å²) in [5.41, 5.74) is 0.630. The molecule has 0 saturated carbocycles. The highest BCUT2D eigenvalue weighted by molar-refractivity contribution is 7.91. The zero-order valence-corrected chi connectivity index (χ0v) is 13.4. The van der Waals surface area contributed by atoms with Gasteiger partial charge in [0.1, 0.15) is 4.21 Å². The van der Waals surface area contributed by atoms with E-state index in [1.165, 1.54) is 6.07 Å². The summed E-state index contributed by atoms with van der Waals surface area (Å²) in [6.07, 6.45) is 0. The molecule has 0 radical (unpaired) electrons. The Labute approximate surface area is 124 Å². The van der Waals surface area contributed by atoms with Gasteiger partial charge in [0.2, 0.25) is 10.0 Å². The van der Waals surface area contributed by atoms with Gasteiger partial charge in [-0.1, -0.05) is 0 Å². The van der Waals surface area contributed by atoms with E-state index in [-0.39, 0.29) is 16.9 Å². The van der Waals surface area contributed by atoms with Crippen LogP contribution in [0.25, 0.3) is 0 Å². The van der Waals surface area contributed by atoms with Crippen LogP contribution in [0.5, 0.6) is 0 Å². The minimum Gasteiger partial charge on any atom is -0.392 e. The van der Waals surface area contributed by atoms with Crippen molar-refractivity contribution in [3.8, 4) is 0 Å². The van der Waals surface area contributed by atoms with Gasteiger partial charge in [-0.05, 0) is 31.1 Å². The predicted octanol–water partition coefficient (Wildman–Crippen LogP) is -0.235. The average Bonchev–Trinajstić information content (AvgIpc) is 2.89. The van der Waals surface area contributed by atoms with Crippen LogP contribution in [0.2, 0.25) is 0 Å². The lowest BCUT2D eigenvalue weighted by Crippen LogP contribution is -2.54. The van der Waals surface area contributed by atoms with Crippen LogP contribution in [0.15, 0.2) is 15.7 Å². The van der Waals surface area contributed by atoms with Crippen molar-refractivity contribution in [2.45, 2.75) is 16.9 Å². The van der Waals surface area contributed by atoms with Crippen LogP contribution in [0, 0.1) is 0 Å². The van der Waals surface area contributed by atoms with Crippen LogP contribution in [0.4, 0.5) is 0 Å². The molecule has 2 N–H and O–H groups in total. The van der Waals surface area contributed by atoms with Gasteiger partial charge in [0.25, 0.3) is 0 Å². The smallest absolute Gasteiger partial charge is 0.250 e. The SMILES string of the molecule is CN1CCN(C)C(CNS(=O)(=O)c2cc(CO)cs2)C1. The van der Waals surface area contributed by atoms with Crippen molar-refractivity contribution in [1.82, 2.24) is 14.5 Å². The van der Waals surface area contributed by atoms with Crippen LogP contribution in [-0.4, -0.2) is 69.6 Å². The predicted molar refractivity (Wildman–Crippen MR) is 79.3 cm³/mol. The van der Waals surface area contributed by atoms with Gasteiger partial charge in [-0.15, -0.1) is 11.3 Å². The molecule has 1 aromatic heterocycles. The molecule has 0 amide bonds. The van der Waals surface area contributed by atoms with Gasteiger partial charge in [-0.2, -0.15) is 0 Å². The van der Waals surface area contributed by atoms with Crippen molar-refractivity contribution < 1.29 is 13.5 Å². The van der Waals surface area contributed by atoms with E-state index in [0.717, 1.165) is 31.0 Å². The lowest BCUT2D eigenvalue weighted by molar-refractivity contribution is 0.117. The Morgan fingerprint density at radius 3 is 2.85 bits per heavy atom. The molecule has 1 aliphatic rings. The third kappa shape index (κ3) is 3.78. The summed E-state index contributed by atoms with van der Waals surface area (Å²) >= 11 is 1.13. The molecule has 114 valence electrons. The molecule has 0 spiro atoms. The minimum absolute atomic E-state index is 0.137. The minimum atomic E-state index is -3.48. The molecule has 0 aliphatic carbocycles. The van der Waals surface area contributed by atoms with Gasteiger partial charge >= 0.3 is 0 Å². The molecule has 1 atom stereocenters. The molecular weight excluding hydrogens is 298 g/mol. The first-order chi connectivity index (χ1) is 9.42. The first kappa shape index (κ1) is 15.9. The number of rotatable bonds is 5. The molecule has 1 aliphatic heterocycles. The summed E-state index contributed by atoms with van der Waals surface area (Å²) in [5.74, 6) is 0. The van der Waals surface area contributed by atoms with Gasteiger partial charge < -0.3 is 10.0 Å². The maximum Gasteiger partial charge on any atom is 0.250 e. The maximum atomic E-state index is 12.2. The van der Waals surface area contributed by atoms with Crippen molar-refractivity contribution in [3.05, 3.63) is 17.0 Å². The van der Waals surface area contributed by atoms with Crippen molar-refractivity contribution >= 4 is 21.4 Å². The monoisotopic (exact) mass is 319 g/mol. The van der Waals surface area contributed by atoms with E-state index in [1.54, 1.807) is 5.38 Å². The second-order valence-electron chi connectivity index (χ2n) is 5.18. The van der Waals surface area contributed by atoms with Gasteiger partial charge in [0.05, 0.1) is 6.61 Å². The molecule has 1 fully saturated rings. The second-order valence-corrected chi connectivity index (χ2v) is 8.09. The topological polar surface area (TPSA) is 72.9 Å². The third-order valence-electron chi connectivity index (χ3n) is 3.57. The first-order valence-corrected chi connectivity index (χ1v) is 8.85. The average molecular weight is 319 g/mol. The highest BCUT2D eigenvalue weighted by Gasteiger charge is 2.25. The molecule has 8 heteroatoms. The Kier molecular flexibility index (Phi) is 5.16. The van der Waals surface area contributed by atoms with E-state index in [1.807, 2.05) is 14.1 Å². The molecule has 0 aromatic carbocycles. The number of thiophene rings is 1. The first-order valence-electron chi connectivity index (χ1n) is 6.49. The van der Waals surface area contributed by atoms with Crippen molar-refractivity contribution in [2.75, 3.05) is 40.3 Å². The third-order valence-corrected chi connectivity index (χ3v) is 6.48. The Bertz CT molecular complexity index is 544. The zero-order valence-electron chi connectivity index (χ0n) is 11.7. The van der Waals surface area contributed by atoms with Crippen LogP contribution in [0.3, 0.4) is 0 Å². The summed E-state index contributed by atoms with van der Waals surface area (Å²) in [7, 11) is 0.580. The summed E-state index contributed by atoms with van der Waals surface area (Å²) < 4.78 is 27.3. The number of nitrogens with one attached hydrogen (secondary N) is 1. The Morgan fingerprint density at radius 1 is 1.45 bits per heavy atom. The van der Waals surface area contributed by atoms with Gasteiger partial charge in [-0.3, -0.25) is 4.90 Å². The van der Waals surface area contributed by atoms with Crippen LogP contribution >= 0.6 is 11.3 Å². The van der Waals surface area contributed by atoms with Crippen molar-refractivity contribution in [1.29, 1.82) is 0 Å². The quantitative estimate of drug-likeness (QED) is 0.784. The number of piperazine rings is 1. The number of likely N-dealkylation sites (N-methyl/N-ethyl adjacent to an activating group) is 2. The van der Waals surface area contributed by atoms with E-state index in [0.29, 0.717) is 12.1 Å². The number of hydrogen-bond acceptors (Lipinski definition) is 6. The fourth-order valence-electron chi connectivity index (χ4n) is 2.18. The number of aliphatic hydroxyl groups excluding tert-OH is 1. The van der Waals surface area contributed by atoms with E-state index in [4.69, 9.17) is 5.11 Å². The van der Waals surface area contributed by atoms with Crippen LogP contribution < -0.4 is 4.72 Å². The molecule has 20 heavy (non-hydrogen) atoms. The fraction of sp³-hybridized carbons (Fsp3) is 0.667. The van der Waals surface area contributed by atoms with Gasteiger partial charge in [0, 0.05) is 32.2 Å². The molecule has 6 nitrogen and oxygen atoms in total. The van der Waals surface area contributed by atoms with Crippen LogP contribution in [0.1, 0.15) is 5.56 Å². The van der Waals surface area contributed by atoms with E-state index < -0.39 is 10.0 Å². The number of nitrogens with zero attached hydrogens (tertiary/aromatic N) is 2. The van der Waals surface area contributed by atoms with Gasteiger partial charge in [-0.25, -0.2) is 13.1 Å². The molecular formula is C12H21N3O3S2. The van der Waals surface area contributed by atoms with E-state index in [9.17, 15) is 8.42 Å². The normalized spacial score (nSPS) is 22.2. The summed E-state index contributed by atoms with van der Waals surface area (Å²) in [6.45, 7) is 3.06. The highest BCUT2D eigenvalue weighted by atomic mass is 32.2. The summed E-state index contributed by atoms with van der Waals surface area (Å²) in [5, 5.41) is 10.7. The molecule has 2 rings (SSSR count). The second kappa shape index (κ2) is 6.50. The maximum absolute atomic E-state index is 12.2. The van der Waals surface area contributed by atoms with E-state index in [2.05, 4.69) is 14.5 Å². The molecule has 1 aromatic rings. The number of aliphatic hydroxyl groups is 1. The fourth-order valence-corrected chi connectivity index (χ4v) is 4.49. The van der Waals surface area contributed by atoms with Crippen molar-refractivity contribution in [2.24, 2.45) is 0 Å². The highest BCUT2D eigenvalue weighted by Crippen LogP contribution is 2.20. The molecule has 1 saturated heterocycles. The van der Waals surface area contributed by atoms with Gasteiger partial charge in [0.15, 0.2) is 0 Å². The lowest BCUT2D eigenvalue weighted by Gasteiger charge is -2.37. The molecule has 1 unspecified atom stereocenters.